The first kappa shape index (κ1) is 19.5. The molecule has 0 amide bonds. The summed E-state index contributed by atoms with van der Waals surface area (Å²) in [6.07, 6.45) is 1.76. The van der Waals surface area contributed by atoms with Gasteiger partial charge in [-0.2, -0.15) is 0 Å². The van der Waals surface area contributed by atoms with E-state index >= 15 is 0 Å². The predicted molar refractivity (Wildman–Crippen MR) is 102 cm³/mol. The van der Waals surface area contributed by atoms with E-state index in [2.05, 4.69) is 41.4 Å². The summed E-state index contributed by atoms with van der Waals surface area (Å²) in [6, 6.07) is 3.86. The molecule has 0 spiro atoms. The maximum atomic E-state index is 10.6. The van der Waals surface area contributed by atoms with Crippen LogP contribution in [0.5, 0.6) is 0 Å². The van der Waals surface area contributed by atoms with E-state index in [0.717, 1.165) is 17.2 Å². The Kier molecular flexibility index (Phi) is 6.24. The Morgan fingerprint density at radius 1 is 1.32 bits per heavy atom. The molecule has 138 valence electrons. The summed E-state index contributed by atoms with van der Waals surface area (Å²) in [7, 11) is 0. The van der Waals surface area contributed by atoms with Crippen LogP contribution in [0.2, 0.25) is 0 Å². The second kappa shape index (κ2) is 8.01. The van der Waals surface area contributed by atoms with Gasteiger partial charge in [-0.05, 0) is 25.3 Å². The minimum absolute atomic E-state index is 0.0723. The van der Waals surface area contributed by atoms with Crippen molar-refractivity contribution in [3.05, 3.63) is 40.2 Å². The average Bonchev–Trinajstić information content (AvgIpc) is 3.20. The number of rotatable bonds is 6. The van der Waals surface area contributed by atoms with Crippen LogP contribution in [0, 0.1) is 0 Å². The first-order chi connectivity index (χ1) is 11.7. The second-order valence-corrected chi connectivity index (χ2v) is 8.12. The van der Waals surface area contributed by atoms with Crippen molar-refractivity contribution in [2.75, 3.05) is 13.1 Å². The third kappa shape index (κ3) is 5.57. The Bertz CT molecular complexity index is 684. The molecule has 1 unspecified atom stereocenters. The van der Waals surface area contributed by atoms with Gasteiger partial charge in [0.05, 0.1) is 12.7 Å². The largest absolute Gasteiger partial charge is 0.443 e. The number of oxazole rings is 1. The summed E-state index contributed by atoms with van der Waals surface area (Å²) in [6.45, 7) is 11.5. The minimum Gasteiger partial charge on any atom is -0.443 e. The van der Waals surface area contributed by atoms with Crippen LogP contribution in [0.1, 0.15) is 51.1 Å². The lowest BCUT2D eigenvalue weighted by molar-refractivity contribution is 0.0655. The van der Waals surface area contributed by atoms with Crippen molar-refractivity contribution >= 4 is 17.3 Å². The molecule has 2 heterocycles. The highest BCUT2D eigenvalue weighted by Crippen LogP contribution is 2.24. The zero-order valence-electron chi connectivity index (χ0n) is 15.6. The molecule has 6 nitrogen and oxygen atoms in total. The summed E-state index contributed by atoms with van der Waals surface area (Å²) in [5.74, 6) is 2.04. The Morgan fingerprint density at radius 2 is 2.08 bits per heavy atom. The Hall–Kier alpha value is -1.86. The fourth-order valence-corrected chi connectivity index (χ4v) is 2.93. The number of aromatic nitrogens is 1. The van der Waals surface area contributed by atoms with Crippen molar-refractivity contribution in [2.24, 2.45) is 4.99 Å². The number of nitrogens with one attached hydrogen (secondary N) is 2. The zero-order chi connectivity index (χ0) is 18.5. The molecule has 2 aromatic heterocycles. The van der Waals surface area contributed by atoms with Gasteiger partial charge in [0.2, 0.25) is 5.89 Å². The van der Waals surface area contributed by atoms with Gasteiger partial charge in [0.15, 0.2) is 5.96 Å². The van der Waals surface area contributed by atoms with Gasteiger partial charge in [-0.3, -0.25) is 0 Å². The van der Waals surface area contributed by atoms with E-state index in [4.69, 9.17) is 4.42 Å². The van der Waals surface area contributed by atoms with Gasteiger partial charge in [-0.15, -0.1) is 11.3 Å². The highest BCUT2D eigenvalue weighted by Gasteiger charge is 2.24. The summed E-state index contributed by atoms with van der Waals surface area (Å²) >= 11 is 1.53. The number of guanidine groups is 1. The maximum Gasteiger partial charge on any atom is 0.216 e. The molecule has 0 aromatic carbocycles. The van der Waals surface area contributed by atoms with E-state index in [1.165, 1.54) is 11.3 Å². The van der Waals surface area contributed by atoms with Crippen LogP contribution in [-0.2, 0) is 17.6 Å². The van der Waals surface area contributed by atoms with E-state index in [0.29, 0.717) is 24.9 Å². The Morgan fingerprint density at radius 3 is 2.64 bits per heavy atom. The molecule has 7 heteroatoms. The van der Waals surface area contributed by atoms with Gasteiger partial charge >= 0.3 is 0 Å². The van der Waals surface area contributed by atoms with Crippen LogP contribution in [0.3, 0.4) is 0 Å². The third-order valence-electron chi connectivity index (χ3n) is 3.66. The quantitative estimate of drug-likeness (QED) is 0.542. The monoisotopic (exact) mass is 364 g/mol. The van der Waals surface area contributed by atoms with Crippen molar-refractivity contribution < 1.29 is 9.52 Å². The van der Waals surface area contributed by atoms with E-state index in [-0.39, 0.29) is 5.41 Å². The maximum absolute atomic E-state index is 10.6. The van der Waals surface area contributed by atoms with Crippen LogP contribution >= 0.6 is 11.3 Å². The molecule has 25 heavy (non-hydrogen) atoms. The topological polar surface area (TPSA) is 82.7 Å². The van der Waals surface area contributed by atoms with Crippen LogP contribution in [0.25, 0.3) is 0 Å². The highest BCUT2D eigenvalue weighted by atomic mass is 32.1. The molecule has 3 N–H and O–H groups in total. The molecule has 0 aliphatic heterocycles. The number of hydrogen-bond donors (Lipinski definition) is 3. The number of thiophene rings is 1. The Labute approximate surface area is 153 Å². The highest BCUT2D eigenvalue weighted by molar-refractivity contribution is 7.10. The fraction of sp³-hybridized carbons (Fsp3) is 0.556. The summed E-state index contributed by atoms with van der Waals surface area (Å²) in [4.78, 5) is 9.70. The molecular weight excluding hydrogens is 336 g/mol. The van der Waals surface area contributed by atoms with Crippen LogP contribution in [0.4, 0.5) is 0 Å². The smallest absolute Gasteiger partial charge is 0.216 e. The standard InChI is InChI=1S/C18H28N4O2S/c1-6-19-16(22-12-18(5,23)14-8-7-9-25-14)21-11-15-20-10-13(24-15)17(2,3)4/h7-10,23H,6,11-12H2,1-5H3,(H2,19,21,22). The fourth-order valence-electron chi connectivity index (χ4n) is 2.15. The Balaban J connectivity index is 2.00. The molecule has 0 bridgehead atoms. The van der Waals surface area contributed by atoms with Crippen molar-refractivity contribution in [1.29, 1.82) is 0 Å². The van der Waals surface area contributed by atoms with Crippen LogP contribution < -0.4 is 10.6 Å². The minimum atomic E-state index is -0.952. The lowest BCUT2D eigenvalue weighted by Crippen LogP contribution is -2.44. The SMILES string of the molecule is CCNC(=NCc1ncc(C(C)(C)C)o1)NCC(C)(O)c1cccs1. The van der Waals surface area contributed by atoms with Gasteiger partial charge in [0.1, 0.15) is 17.9 Å². The molecule has 0 fully saturated rings. The normalized spacial score (nSPS) is 15.0. The van der Waals surface area contributed by atoms with E-state index < -0.39 is 5.60 Å². The molecule has 0 radical (unpaired) electrons. The van der Waals surface area contributed by atoms with Crippen molar-refractivity contribution in [1.82, 2.24) is 15.6 Å². The van der Waals surface area contributed by atoms with E-state index in [1.54, 1.807) is 13.1 Å². The summed E-state index contributed by atoms with van der Waals surface area (Å²) in [5, 5.41) is 18.9. The molecule has 0 aliphatic rings. The zero-order valence-corrected chi connectivity index (χ0v) is 16.4. The lowest BCUT2D eigenvalue weighted by Gasteiger charge is -2.23. The van der Waals surface area contributed by atoms with Crippen molar-refractivity contribution in [2.45, 2.75) is 52.2 Å². The number of hydrogen-bond acceptors (Lipinski definition) is 5. The molecule has 0 saturated heterocycles. The lowest BCUT2D eigenvalue weighted by atomic mass is 9.94. The van der Waals surface area contributed by atoms with Crippen LogP contribution in [0.15, 0.2) is 33.1 Å². The van der Waals surface area contributed by atoms with Crippen LogP contribution in [-0.4, -0.2) is 29.1 Å². The molecule has 2 aromatic rings. The van der Waals surface area contributed by atoms with Gasteiger partial charge in [-0.25, -0.2) is 9.98 Å². The van der Waals surface area contributed by atoms with E-state index in [1.807, 2.05) is 24.4 Å². The summed E-state index contributed by atoms with van der Waals surface area (Å²) in [5.41, 5.74) is -1.02. The van der Waals surface area contributed by atoms with Gasteiger partial charge in [0.25, 0.3) is 0 Å². The number of aliphatic hydroxyl groups is 1. The molecule has 2 rings (SSSR count). The summed E-state index contributed by atoms with van der Waals surface area (Å²) < 4.78 is 5.76. The molecule has 0 saturated carbocycles. The number of aliphatic imine (C=N–C) groups is 1. The van der Waals surface area contributed by atoms with Gasteiger partial charge < -0.3 is 20.2 Å². The second-order valence-electron chi connectivity index (χ2n) is 7.17. The molecule has 1 atom stereocenters. The average molecular weight is 365 g/mol. The van der Waals surface area contributed by atoms with Crippen molar-refractivity contribution in [3.63, 3.8) is 0 Å². The third-order valence-corrected chi connectivity index (χ3v) is 4.78. The predicted octanol–water partition coefficient (Wildman–Crippen LogP) is 3.00. The van der Waals surface area contributed by atoms with E-state index in [9.17, 15) is 5.11 Å². The van der Waals surface area contributed by atoms with Crippen molar-refractivity contribution in [3.8, 4) is 0 Å². The molecule has 0 aliphatic carbocycles. The van der Waals surface area contributed by atoms with Gasteiger partial charge in [0, 0.05) is 16.8 Å². The molecular formula is C18H28N4O2S. The van der Waals surface area contributed by atoms with Gasteiger partial charge in [-0.1, -0.05) is 26.8 Å². The number of nitrogens with zero attached hydrogens (tertiary/aromatic N) is 2. The first-order valence-corrected chi connectivity index (χ1v) is 9.34. The first-order valence-electron chi connectivity index (χ1n) is 8.46.